The summed E-state index contributed by atoms with van der Waals surface area (Å²) in [7, 11) is 1.31. The smallest absolute Gasteiger partial charge is 0.311 e. The summed E-state index contributed by atoms with van der Waals surface area (Å²) in [6, 6.07) is 15.2. The number of likely N-dealkylation sites (tertiary alicyclic amines) is 1. The molecule has 1 saturated heterocycles. The Hall–Kier alpha value is -3.66. The van der Waals surface area contributed by atoms with Crippen LogP contribution in [0.25, 0.3) is 0 Å². The largest absolute Gasteiger partial charge is 0.469 e. The molecule has 3 unspecified atom stereocenters. The molecule has 1 fully saturated rings. The zero-order valence-electron chi connectivity index (χ0n) is 21.0. The predicted octanol–water partition coefficient (Wildman–Crippen LogP) is 4.05. The van der Waals surface area contributed by atoms with Crippen LogP contribution in [0.5, 0.6) is 0 Å². The molecule has 0 bridgehead atoms. The molecule has 0 aromatic heterocycles. The van der Waals surface area contributed by atoms with Crippen LogP contribution in [0.4, 0.5) is 0 Å². The molecule has 1 aliphatic rings. The number of hydrogen-bond acceptors (Lipinski definition) is 5. The van der Waals surface area contributed by atoms with Crippen LogP contribution in [0, 0.1) is 29.6 Å². The first-order valence-electron chi connectivity index (χ1n) is 11.8. The van der Waals surface area contributed by atoms with Crippen LogP contribution >= 0.6 is 0 Å². The maximum Gasteiger partial charge on any atom is 0.311 e. The van der Waals surface area contributed by atoms with Crippen molar-refractivity contribution >= 4 is 17.8 Å². The van der Waals surface area contributed by atoms with Gasteiger partial charge in [0.15, 0.2) is 0 Å². The molecule has 7 heteroatoms. The molecule has 184 valence electrons. The molecule has 0 radical (unpaired) electrons. The van der Waals surface area contributed by atoms with Gasteiger partial charge in [-0.2, -0.15) is 5.26 Å². The summed E-state index contributed by atoms with van der Waals surface area (Å²) in [5, 5.41) is 12.1. The minimum Gasteiger partial charge on any atom is -0.469 e. The molecule has 7 nitrogen and oxygen atoms in total. The van der Waals surface area contributed by atoms with Crippen molar-refractivity contribution < 1.29 is 19.1 Å². The highest BCUT2D eigenvalue weighted by atomic mass is 16.5. The second-order valence-corrected chi connectivity index (χ2v) is 10.3. The van der Waals surface area contributed by atoms with Gasteiger partial charge in [-0.25, -0.2) is 0 Å². The second kappa shape index (κ2) is 10.7. The molecule has 2 amide bonds. The number of nitrogens with one attached hydrogen (secondary N) is 1. The Morgan fingerprint density at radius 3 is 2.26 bits per heavy atom. The monoisotopic (exact) mass is 475 g/mol. The molecule has 1 N–H and O–H groups in total. The van der Waals surface area contributed by atoms with Gasteiger partial charge in [-0.05, 0) is 42.0 Å². The van der Waals surface area contributed by atoms with E-state index in [0.29, 0.717) is 17.7 Å². The number of ether oxygens (including phenoxy) is 1. The van der Waals surface area contributed by atoms with Gasteiger partial charge in [0.2, 0.25) is 11.8 Å². The first-order valence-corrected chi connectivity index (χ1v) is 11.8. The number of esters is 1. The van der Waals surface area contributed by atoms with E-state index in [9.17, 15) is 19.6 Å². The van der Waals surface area contributed by atoms with Crippen LogP contribution in [-0.2, 0) is 25.7 Å². The van der Waals surface area contributed by atoms with Crippen molar-refractivity contribution in [1.29, 1.82) is 5.26 Å². The van der Waals surface area contributed by atoms with Gasteiger partial charge in [0, 0.05) is 13.0 Å². The third-order valence-electron chi connectivity index (χ3n) is 6.24. The average molecular weight is 476 g/mol. The predicted molar refractivity (Wildman–Crippen MR) is 132 cm³/mol. The van der Waals surface area contributed by atoms with Crippen molar-refractivity contribution in [3.05, 3.63) is 70.8 Å². The van der Waals surface area contributed by atoms with E-state index in [1.807, 2.05) is 52.0 Å². The number of amides is 2. The molecule has 0 saturated carbocycles. The van der Waals surface area contributed by atoms with Crippen LogP contribution < -0.4 is 5.32 Å². The van der Waals surface area contributed by atoms with E-state index in [0.717, 1.165) is 11.1 Å². The molecule has 0 aliphatic carbocycles. The topological polar surface area (TPSA) is 99.5 Å². The fraction of sp³-hybridized carbons (Fsp3) is 0.429. The summed E-state index contributed by atoms with van der Waals surface area (Å²) < 4.78 is 5.07. The van der Waals surface area contributed by atoms with Crippen LogP contribution in [0.15, 0.2) is 48.5 Å². The van der Waals surface area contributed by atoms with E-state index in [-0.39, 0.29) is 30.1 Å². The maximum absolute atomic E-state index is 13.6. The lowest BCUT2D eigenvalue weighted by Crippen LogP contribution is -2.47. The van der Waals surface area contributed by atoms with Gasteiger partial charge in [0.25, 0.3) is 0 Å². The highest BCUT2D eigenvalue weighted by molar-refractivity contribution is 5.91. The SMILES string of the molecule is COC(=O)C1CC(C(=O)NCc2ccc(C)cc2)N(C(=O)CC(C)(C)C)C1c1ccc(C#N)cc1. The minimum absolute atomic E-state index is 0.160. The van der Waals surface area contributed by atoms with Crippen molar-refractivity contribution in [2.45, 2.75) is 59.2 Å². The number of carbonyl (C=O) groups is 3. The summed E-state index contributed by atoms with van der Waals surface area (Å²) in [4.78, 5) is 41.4. The van der Waals surface area contributed by atoms with Crippen LogP contribution in [0.3, 0.4) is 0 Å². The zero-order valence-corrected chi connectivity index (χ0v) is 21.0. The number of rotatable bonds is 6. The van der Waals surface area contributed by atoms with Crippen molar-refractivity contribution in [3.8, 4) is 6.07 Å². The van der Waals surface area contributed by atoms with E-state index in [1.165, 1.54) is 7.11 Å². The normalized spacial score (nSPS) is 19.7. The summed E-state index contributed by atoms with van der Waals surface area (Å²) in [6.07, 6.45) is 0.377. The second-order valence-electron chi connectivity index (χ2n) is 10.3. The molecule has 1 aliphatic heterocycles. The fourth-order valence-corrected chi connectivity index (χ4v) is 4.52. The van der Waals surface area contributed by atoms with E-state index in [4.69, 9.17) is 4.74 Å². The average Bonchev–Trinajstić information content (AvgIpc) is 3.23. The van der Waals surface area contributed by atoms with Crippen molar-refractivity contribution in [2.75, 3.05) is 7.11 Å². The van der Waals surface area contributed by atoms with Crippen LogP contribution in [0.1, 0.15) is 61.9 Å². The van der Waals surface area contributed by atoms with Crippen molar-refractivity contribution in [3.63, 3.8) is 0 Å². The zero-order chi connectivity index (χ0) is 25.8. The number of nitrogens with zero attached hydrogens (tertiary/aromatic N) is 2. The third kappa shape index (κ3) is 6.27. The van der Waals surface area contributed by atoms with E-state index >= 15 is 0 Å². The van der Waals surface area contributed by atoms with Gasteiger partial charge < -0.3 is 15.0 Å². The van der Waals surface area contributed by atoms with Gasteiger partial charge in [0.05, 0.1) is 30.7 Å². The van der Waals surface area contributed by atoms with Gasteiger partial charge in [0.1, 0.15) is 6.04 Å². The number of hydrogen-bond donors (Lipinski definition) is 1. The Labute approximate surface area is 207 Å². The van der Waals surface area contributed by atoms with Gasteiger partial charge in [-0.1, -0.05) is 62.7 Å². The third-order valence-corrected chi connectivity index (χ3v) is 6.24. The number of methoxy groups -OCH3 is 1. The lowest BCUT2D eigenvalue weighted by molar-refractivity contribution is -0.147. The van der Waals surface area contributed by atoms with Gasteiger partial charge in [-0.3, -0.25) is 14.4 Å². The fourth-order valence-electron chi connectivity index (χ4n) is 4.52. The van der Waals surface area contributed by atoms with Crippen molar-refractivity contribution in [1.82, 2.24) is 10.2 Å². The molecule has 2 aromatic carbocycles. The summed E-state index contributed by atoms with van der Waals surface area (Å²) in [5.41, 5.74) is 2.93. The van der Waals surface area contributed by atoms with Crippen LogP contribution in [-0.4, -0.2) is 35.8 Å². The first kappa shape index (κ1) is 26.0. The highest BCUT2D eigenvalue weighted by Crippen LogP contribution is 2.43. The Morgan fingerprint density at radius 2 is 1.71 bits per heavy atom. The molecule has 2 aromatic rings. The molecule has 1 heterocycles. The van der Waals surface area contributed by atoms with E-state index in [1.54, 1.807) is 29.2 Å². The van der Waals surface area contributed by atoms with Gasteiger partial charge in [-0.15, -0.1) is 0 Å². The molecular formula is C28H33N3O4. The molecule has 3 atom stereocenters. The lowest BCUT2D eigenvalue weighted by atomic mass is 9.90. The highest BCUT2D eigenvalue weighted by Gasteiger charge is 2.51. The molecule has 0 spiro atoms. The molecular weight excluding hydrogens is 442 g/mol. The number of benzene rings is 2. The summed E-state index contributed by atoms with van der Waals surface area (Å²) in [5.74, 6) is -1.68. The Kier molecular flexibility index (Phi) is 7.96. The lowest BCUT2D eigenvalue weighted by Gasteiger charge is -2.33. The van der Waals surface area contributed by atoms with Gasteiger partial charge >= 0.3 is 5.97 Å². The number of nitriles is 1. The Balaban J connectivity index is 1.96. The Bertz CT molecular complexity index is 1110. The van der Waals surface area contributed by atoms with Crippen LogP contribution in [0.2, 0.25) is 0 Å². The standard InChI is InChI=1S/C28H33N3O4/c1-18-6-8-20(9-7-18)17-30-26(33)23-14-22(27(34)35-5)25(21-12-10-19(16-29)11-13-21)31(23)24(32)15-28(2,3)4/h6-13,22-23,25H,14-15,17H2,1-5H3,(H,30,33). The van der Waals surface area contributed by atoms with Crippen molar-refractivity contribution in [2.24, 2.45) is 11.3 Å². The first-order chi connectivity index (χ1) is 16.5. The molecule has 35 heavy (non-hydrogen) atoms. The Morgan fingerprint density at radius 1 is 1.09 bits per heavy atom. The molecule has 3 rings (SSSR count). The quantitative estimate of drug-likeness (QED) is 0.636. The number of aryl methyl sites for hydroxylation is 1. The summed E-state index contributed by atoms with van der Waals surface area (Å²) in [6.45, 7) is 8.20. The number of carbonyl (C=O) groups excluding carboxylic acids is 3. The van der Waals surface area contributed by atoms with E-state index in [2.05, 4.69) is 11.4 Å². The minimum atomic E-state index is -0.819. The summed E-state index contributed by atoms with van der Waals surface area (Å²) >= 11 is 0. The van der Waals surface area contributed by atoms with E-state index < -0.39 is 24.0 Å². The maximum atomic E-state index is 13.6.